The molecule has 1 fully saturated rings. The van der Waals surface area contributed by atoms with Crippen LogP contribution in [0.4, 0.5) is 0 Å². The number of nitrogens with zero attached hydrogens (tertiary/aromatic N) is 3. The first kappa shape index (κ1) is 10.9. The number of aromatic nitrogens is 1. The van der Waals surface area contributed by atoms with Gasteiger partial charge in [-0.15, -0.1) is 0 Å². The number of hydrogen-bond donors (Lipinski definition) is 0. The molecule has 2 rings (SSSR count). The third-order valence-corrected chi connectivity index (χ3v) is 3.10. The van der Waals surface area contributed by atoms with Crippen LogP contribution in [-0.4, -0.2) is 35.6 Å². The minimum atomic E-state index is 0.463. The monoisotopic (exact) mass is 225 g/mol. The molecule has 0 N–H and O–H groups in total. The lowest BCUT2D eigenvalue weighted by Crippen LogP contribution is -2.36. The fourth-order valence-electron chi connectivity index (χ4n) is 2.15. The van der Waals surface area contributed by atoms with Crippen molar-refractivity contribution in [3.63, 3.8) is 0 Å². The normalized spacial score (nSPS) is 22.5. The summed E-state index contributed by atoms with van der Waals surface area (Å²) in [5.74, 6) is 0. The molecule has 3 nitrogen and oxygen atoms in total. The molecule has 0 spiro atoms. The Morgan fingerprint density at radius 1 is 1.47 bits per heavy atom. The predicted molar refractivity (Wildman–Crippen MR) is 61.6 cm³/mol. The molecule has 0 bridgehead atoms. The number of rotatable bonds is 2. The van der Waals surface area contributed by atoms with E-state index in [9.17, 15) is 0 Å². The number of halogens is 1. The second-order valence-electron chi connectivity index (χ2n) is 4.08. The minimum absolute atomic E-state index is 0.463. The third kappa shape index (κ3) is 2.30. The van der Waals surface area contributed by atoms with Crippen LogP contribution in [0.1, 0.15) is 24.4 Å². The molecule has 0 aliphatic carbocycles. The largest absolute Gasteiger partial charge is 0.247 e. The van der Waals surface area contributed by atoms with Gasteiger partial charge in [-0.25, -0.2) is 15.0 Å². The Labute approximate surface area is 95.6 Å². The third-order valence-electron chi connectivity index (χ3n) is 2.87. The number of hydrogen-bond acceptors (Lipinski definition) is 3. The van der Waals surface area contributed by atoms with Crippen LogP contribution >= 0.6 is 11.6 Å². The Morgan fingerprint density at radius 3 is 2.87 bits per heavy atom. The summed E-state index contributed by atoms with van der Waals surface area (Å²) in [6, 6.07) is 4.40. The lowest BCUT2D eigenvalue weighted by atomic mass is 10.1. The van der Waals surface area contributed by atoms with Gasteiger partial charge in [0, 0.05) is 26.8 Å². The van der Waals surface area contributed by atoms with Crippen molar-refractivity contribution in [1.29, 1.82) is 0 Å². The zero-order valence-electron chi connectivity index (χ0n) is 9.15. The molecular weight excluding hydrogens is 210 g/mol. The fourth-order valence-corrected chi connectivity index (χ4v) is 2.27. The van der Waals surface area contributed by atoms with Crippen LogP contribution in [0.15, 0.2) is 18.3 Å². The molecule has 15 heavy (non-hydrogen) atoms. The average Bonchev–Trinajstić information content (AvgIpc) is 2.67. The molecule has 1 aliphatic heterocycles. The lowest BCUT2D eigenvalue weighted by Gasteiger charge is -2.30. The Hall–Kier alpha value is -0.640. The van der Waals surface area contributed by atoms with E-state index >= 15 is 0 Å². The van der Waals surface area contributed by atoms with Crippen molar-refractivity contribution in [2.75, 3.05) is 20.6 Å². The highest BCUT2D eigenvalue weighted by Gasteiger charge is 2.27. The van der Waals surface area contributed by atoms with Crippen molar-refractivity contribution in [2.24, 2.45) is 0 Å². The smallest absolute Gasteiger partial charge is 0.129 e. The van der Waals surface area contributed by atoms with Crippen molar-refractivity contribution in [3.8, 4) is 0 Å². The van der Waals surface area contributed by atoms with Crippen molar-refractivity contribution >= 4 is 11.6 Å². The molecule has 1 atom stereocenters. The second-order valence-corrected chi connectivity index (χ2v) is 4.47. The zero-order valence-corrected chi connectivity index (χ0v) is 9.91. The van der Waals surface area contributed by atoms with Crippen LogP contribution in [0.25, 0.3) is 0 Å². The first-order chi connectivity index (χ1) is 7.18. The molecule has 1 saturated heterocycles. The van der Waals surface area contributed by atoms with Gasteiger partial charge < -0.3 is 0 Å². The van der Waals surface area contributed by atoms with Gasteiger partial charge in [0.15, 0.2) is 0 Å². The molecule has 0 amide bonds. The van der Waals surface area contributed by atoms with Crippen molar-refractivity contribution in [1.82, 2.24) is 15.0 Å². The van der Waals surface area contributed by atoms with Crippen molar-refractivity contribution in [3.05, 3.63) is 29.0 Å². The first-order valence-corrected chi connectivity index (χ1v) is 5.61. The molecule has 0 unspecified atom stereocenters. The molecule has 1 aromatic rings. The number of pyridine rings is 1. The number of hydrazine groups is 1. The maximum Gasteiger partial charge on any atom is 0.129 e. The van der Waals surface area contributed by atoms with E-state index in [4.69, 9.17) is 11.6 Å². The Kier molecular flexibility index (Phi) is 3.24. The van der Waals surface area contributed by atoms with Gasteiger partial charge in [-0.1, -0.05) is 17.7 Å². The van der Waals surface area contributed by atoms with Crippen LogP contribution in [0.3, 0.4) is 0 Å². The van der Waals surface area contributed by atoms with E-state index in [1.54, 1.807) is 0 Å². The maximum atomic E-state index is 5.78. The molecule has 0 saturated carbocycles. The molecule has 2 heterocycles. The fraction of sp³-hybridized carbons (Fsp3) is 0.545. The van der Waals surface area contributed by atoms with Gasteiger partial charge in [0.1, 0.15) is 5.15 Å². The summed E-state index contributed by atoms with van der Waals surface area (Å²) in [5, 5.41) is 5.09. The summed E-state index contributed by atoms with van der Waals surface area (Å²) in [6.07, 6.45) is 4.32. The molecule has 0 aromatic carbocycles. The maximum absolute atomic E-state index is 5.78. The van der Waals surface area contributed by atoms with E-state index in [1.807, 2.05) is 12.3 Å². The van der Waals surface area contributed by atoms with Gasteiger partial charge in [0.25, 0.3) is 0 Å². The van der Waals surface area contributed by atoms with Gasteiger partial charge in [0.05, 0.1) is 6.04 Å². The van der Waals surface area contributed by atoms with E-state index in [0.717, 1.165) is 6.54 Å². The zero-order chi connectivity index (χ0) is 10.8. The summed E-state index contributed by atoms with van der Waals surface area (Å²) in [6.45, 7) is 1.13. The Balaban J connectivity index is 2.19. The van der Waals surface area contributed by atoms with Crippen LogP contribution in [-0.2, 0) is 0 Å². The van der Waals surface area contributed by atoms with E-state index in [-0.39, 0.29) is 0 Å². The summed E-state index contributed by atoms with van der Waals surface area (Å²) in [4.78, 5) is 4.14. The summed E-state index contributed by atoms with van der Waals surface area (Å²) >= 11 is 5.78. The molecular formula is C11H16ClN3. The molecule has 4 heteroatoms. The predicted octanol–water partition coefficient (Wildman–Crippen LogP) is 2.35. The quantitative estimate of drug-likeness (QED) is 0.721. The Morgan fingerprint density at radius 2 is 2.27 bits per heavy atom. The highest BCUT2D eigenvalue weighted by molar-refractivity contribution is 6.29. The molecule has 1 aromatic heterocycles. The van der Waals surface area contributed by atoms with E-state index in [1.165, 1.54) is 18.4 Å². The van der Waals surface area contributed by atoms with Crippen molar-refractivity contribution in [2.45, 2.75) is 18.9 Å². The van der Waals surface area contributed by atoms with E-state index in [2.05, 4.69) is 35.2 Å². The van der Waals surface area contributed by atoms with E-state index in [0.29, 0.717) is 11.2 Å². The van der Waals surface area contributed by atoms with Gasteiger partial charge in [-0.05, 0) is 24.5 Å². The average molecular weight is 226 g/mol. The SMILES string of the molecule is CN(C)N1CCC[C@H]1c1ccc(Cl)nc1. The molecule has 1 aliphatic rings. The second kappa shape index (κ2) is 4.47. The molecule has 0 radical (unpaired) electrons. The highest BCUT2D eigenvalue weighted by atomic mass is 35.5. The van der Waals surface area contributed by atoms with Crippen molar-refractivity contribution < 1.29 is 0 Å². The summed E-state index contributed by atoms with van der Waals surface area (Å²) in [5.41, 5.74) is 1.26. The first-order valence-electron chi connectivity index (χ1n) is 5.24. The van der Waals surface area contributed by atoms with Gasteiger partial charge in [-0.2, -0.15) is 0 Å². The highest BCUT2D eigenvalue weighted by Crippen LogP contribution is 2.31. The van der Waals surface area contributed by atoms with Crippen LogP contribution in [0, 0.1) is 0 Å². The van der Waals surface area contributed by atoms with Crippen LogP contribution in [0.5, 0.6) is 0 Å². The standard InChI is InChI=1S/C11H16ClN3/c1-14(2)15-7-3-4-10(15)9-5-6-11(12)13-8-9/h5-6,8,10H,3-4,7H2,1-2H3/t10-/m0/s1. The van der Waals surface area contributed by atoms with E-state index < -0.39 is 0 Å². The van der Waals surface area contributed by atoms with Crippen LogP contribution < -0.4 is 0 Å². The summed E-state index contributed by atoms with van der Waals surface area (Å²) < 4.78 is 0. The van der Waals surface area contributed by atoms with Gasteiger partial charge >= 0.3 is 0 Å². The van der Waals surface area contributed by atoms with Crippen LogP contribution in [0.2, 0.25) is 5.15 Å². The van der Waals surface area contributed by atoms with Gasteiger partial charge in [0.2, 0.25) is 0 Å². The minimum Gasteiger partial charge on any atom is -0.247 e. The molecule has 82 valence electrons. The lowest BCUT2D eigenvalue weighted by molar-refractivity contribution is 0.0110. The van der Waals surface area contributed by atoms with Gasteiger partial charge in [-0.3, -0.25) is 0 Å². The summed E-state index contributed by atoms with van der Waals surface area (Å²) in [7, 11) is 4.17. The Bertz CT molecular complexity index is 323. The topological polar surface area (TPSA) is 19.4 Å².